The van der Waals surface area contributed by atoms with E-state index in [2.05, 4.69) is 9.98 Å². The number of rotatable bonds is 5. The molecule has 0 saturated heterocycles. The van der Waals surface area contributed by atoms with E-state index in [4.69, 9.17) is 0 Å². The van der Waals surface area contributed by atoms with E-state index in [9.17, 15) is 4.79 Å². The molecule has 18 heavy (non-hydrogen) atoms. The molecule has 1 rings (SSSR count). The molecule has 0 spiro atoms. The molecule has 0 aromatic carbocycles. The molecule has 0 saturated carbocycles. The lowest BCUT2D eigenvalue weighted by atomic mass is 10.3. The molecule has 0 N–H and O–H groups in total. The largest absolute Gasteiger partial charge is 0.383 e. The number of aryl methyl sites for hydroxylation is 1. The van der Waals surface area contributed by atoms with E-state index in [0.717, 1.165) is 5.69 Å². The van der Waals surface area contributed by atoms with Crippen molar-refractivity contribution in [3.8, 4) is 0 Å². The zero-order valence-corrected chi connectivity index (χ0v) is 12.2. The van der Waals surface area contributed by atoms with Crippen LogP contribution in [-0.4, -0.2) is 55.1 Å². The summed E-state index contributed by atoms with van der Waals surface area (Å²) in [6.45, 7) is 1.82. The lowest BCUT2D eigenvalue weighted by molar-refractivity contribution is 0.104. The quantitative estimate of drug-likeness (QED) is 0.354. The van der Waals surface area contributed by atoms with Gasteiger partial charge in [-0.15, -0.1) is 0 Å². The zero-order chi connectivity index (χ0) is 13.7. The lowest BCUT2D eigenvalue weighted by Crippen LogP contribution is -2.06. The molecule has 0 aliphatic rings. The molecule has 5 nitrogen and oxygen atoms in total. The number of hydrogen-bond acceptors (Lipinski definition) is 5. The Bertz CT molecular complexity index is 474. The number of carbonyl (C=O) groups is 1. The predicted octanol–water partition coefficient (Wildman–Crippen LogP) is 1.93. The Hall–Kier alpha value is -1.69. The highest BCUT2D eigenvalue weighted by Crippen LogP contribution is 2.25. The van der Waals surface area contributed by atoms with Crippen LogP contribution in [0.1, 0.15) is 15.4 Å². The van der Waals surface area contributed by atoms with Gasteiger partial charge in [-0.2, -0.15) is 0 Å². The van der Waals surface area contributed by atoms with E-state index >= 15 is 0 Å². The van der Waals surface area contributed by atoms with Gasteiger partial charge in [0.15, 0.2) is 5.78 Å². The third-order valence-corrected chi connectivity index (χ3v) is 3.01. The van der Waals surface area contributed by atoms with Gasteiger partial charge in [0.25, 0.3) is 0 Å². The minimum absolute atomic E-state index is 0.0370. The van der Waals surface area contributed by atoms with Gasteiger partial charge in [0, 0.05) is 40.5 Å². The fraction of sp³-hybridized carbons (Fsp3) is 0.417. The molecule has 98 valence electrons. The number of nitrogens with zero attached hydrogens (tertiary/aromatic N) is 4. The van der Waals surface area contributed by atoms with Crippen LogP contribution < -0.4 is 0 Å². The maximum absolute atomic E-state index is 11.9. The number of thiazole rings is 1. The van der Waals surface area contributed by atoms with Gasteiger partial charge in [-0.1, -0.05) is 11.3 Å². The minimum Gasteiger partial charge on any atom is -0.383 e. The fourth-order valence-corrected chi connectivity index (χ4v) is 1.95. The first kappa shape index (κ1) is 14.4. The maximum Gasteiger partial charge on any atom is 0.211 e. The number of carbonyl (C=O) groups excluding carboxylic acids is 1. The lowest BCUT2D eigenvalue weighted by Gasteiger charge is -2.01. The fourth-order valence-electron chi connectivity index (χ4n) is 1.12. The highest BCUT2D eigenvalue weighted by atomic mass is 32.1. The summed E-state index contributed by atoms with van der Waals surface area (Å²) in [7, 11) is 7.51. The first-order valence-corrected chi connectivity index (χ1v) is 6.29. The van der Waals surface area contributed by atoms with Crippen molar-refractivity contribution in [1.82, 2.24) is 14.8 Å². The van der Waals surface area contributed by atoms with E-state index in [1.54, 1.807) is 18.6 Å². The van der Waals surface area contributed by atoms with Crippen LogP contribution >= 0.6 is 11.3 Å². The first-order valence-electron chi connectivity index (χ1n) is 5.47. The van der Waals surface area contributed by atoms with Gasteiger partial charge in [-0.3, -0.25) is 4.79 Å². The van der Waals surface area contributed by atoms with Crippen molar-refractivity contribution >= 4 is 28.6 Å². The van der Waals surface area contributed by atoms with Gasteiger partial charge in [-0.05, 0) is 6.92 Å². The van der Waals surface area contributed by atoms with Crippen LogP contribution in [0.15, 0.2) is 17.3 Å². The molecule has 0 radical (unpaired) electrons. The van der Waals surface area contributed by atoms with Gasteiger partial charge in [0.05, 0.1) is 16.9 Å². The second-order valence-electron chi connectivity index (χ2n) is 4.26. The van der Waals surface area contributed by atoms with Crippen LogP contribution in [0.25, 0.3) is 0 Å². The number of ketones is 1. The Morgan fingerprint density at radius 2 is 1.94 bits per heavy atom. The molecule has 0 aliphatic heterocycles. The summed E-state index contributed by atoms with van der Waals surface area (Å²) < 4.78 is 0. The number of aromatic nitrogens is 1. The molecule has 0 bridgehead atoms. The van der Waals surface area contributed by atoms with Crippen molar-refractivity contribution in [3.63, 3.8) is 0 Å². The van der Waals surface area contributed by atoms with Gasteiger partial charge >= 0.3 is 0 Å². The van der Waals surface area contributed by atoms with Crippen molar-refractivity contribution in [3.05, 3.63) is 22.8 Å². The summed E-state index contributed by atoms with van der Waals surface area (Å²) in [6, 6.07) is 0. The van der Waals surface area contributed by atoms with Crippen molar-refractivity contribution in [2.45, 2.75) is 6.92 Å². The number of hydrogen-bond donors (Lipinski definition) is 0. The average molecular weight is 266 g/mol. The van der Waals surface area contributed by atoms with Crippen LogP contribution in [0.3, 0.4) is 0 Å². The van der Waals surface area contributed by atoms with Crippen molar-refractivity contribution < 1.29 is 4.79 Å². The molecule has 1 heterocycles. The zero-order valence-electron chi connectivity index (χ0n) is 11.3. The molecule has 6 heteroatoms. The summed E-state index contributed by atoms with van der Waals surface area (Å²) >= 11 is 1.31. The molecule has 1 aromatic heterocycles. The van der Waals surface area contributed by atoms with Crippen molar-refractivity contribution in [2.24, 2.45) is 4.99 Å². The average Bonchev–Trinajstić information content (AvgIpc) is 2.64. The topological polar surface area (TPSA) is 48.8 Å². The molecule has 0 unspecified atom stereocenters. The third-order valence-electron chi connectivity index (χ3n) is 1.93. The van der Waals surface area contributed by atoms with Crippen LogP contribution in [0.4, 0.5) is 5.13 Å². The van der Waals surface area contributed by atoms with E-state index in [-0.39, 0.29) is 5.78 Å². The van der Waals surface area contributed by atoms with Gasteiger partial charge in [-0.25, -0.2) is 9.98 Å². The Labute approximate surface area is 111 Å². The Morgan fingerprint density at radius 3 is 2.50 bits per heavy atom. The van der Waals surface area contributed by atoms with Crippen LogP contribution in [-0.2, 0) is 0 Å². The van der Waals surface area contributed by atoms with E-state index in [0.29, 0.717) is 10.0 Å². The SMILES string of the molecule is Cc1nc(N=CN(C)C)sc1C(=O)/C=C/N(C)C. The summed E-state index contributed by atoms with van der Waals surface area (Å²) in [5, 5.41) is 0.600. The molecule has 0 fully saturated rings. The van der Waals surface area contributed by atoms with Crippen molar-refractivity contribution in [1.29, 1.82) is 0 Å². The van der Waals surface area contributed by atoms with Gasteiger partial charge < -0.3 is 9.80 Å². The summed E-state index contributed by atoms with van der Waals surface area (Å²) in [5.74, 6) is -0.0370. The third kappa shape index (κ3) is 4.29. The Morgan fingerprint density at radius 1 is 1.28 bits per heavy atom. The highest BCUT2D eigenvalue weighted by Gasteiger charge is 2.12. The van der Waals surface area contributed by atoms with Gasteiger partial charge in [0.2, 0.25) is 5.13 Å². The second kappa shape index (κ2) is 6.30. The summed E-state index contributed by atoms with van der Waals surface area (Å²) in [5.41, 5.74) is 0.722. The highest BCUT2D eigenvalue weighted by molar-refractivity contribution is 7.17. The number of aliphatic imine (C=N–C) groups is 1. The molecule has 0 aliphatic carbocycles. The molecular weight excluding hydrogens is 248 g/mol. The van der Waals surface area contributed by atoms with E-state index in [1.165, 1.54) is 11.3 Å². The minimum atomic E-state index is -0.0370. The van der Waals surface area contributed by atoms with Crippen molar-refractivity contribution in [2.75, 3.05) is 28.2 Å². The number of allylic oxidation sites excluding steroid dienone is 1. The predicted molar refractivity (Wildman–Crippen MR) is 75.8 cm³/mol. The Balaban J connectivity index is 2.88. The first-order chi connectivity index (χ1) is 8.40. The second-order valence-corrected chi connectivity index (χ2v) is 5.24. The monoisotopic (exact) mass is 266 g/mol. The standard InChI is InChI=1S/C12H18N4OS/c1-9-11(10(17)6-7-15(2)3)18-12(14-9)13-8-16(4)5/h6-8H,1-5H3/b7-6+,13-8?. The Kier molecular flexibility index (Phi) is 5.03. The van der Waals surface area contributed by atoms with Crippen LogP contribution in [0.2, 0.25) is 0 Å². The smallest absolute Gasteiger partial charge is 0.211 e. The molecule has 0 amide bonds. The van der Waals surface area contributed by atoms with E-state index < -0.39 is 0 Å². The molecule has 1 aromatic rings. The van der Waals surface area contributed by atoms with Gasteiger partial charge in [0.1, 0.15) is 0 Å². The van der Waals surface area contributed by atoms with Crippen LogP contribution in [0, 0.1) is 6.92 Å². The summed E-state index contributed by atoms with van der Waals surface area (Å²) in [6.07, 6.45) is 4.94. The van der Waals surface area contributed by atoms with Crippen LogP contribution in [0.5, 0.6) is 0 Å². The maximum atomic E-state index is 11.9. The molecule has 0 atom stereocenters. The molecular formula is C12H18N4OS. The normalized spacial score (nSPS) is 11.4. The summed E-state index contributed by atoms with van der Waals surface area (Å²) in [4.78, 5) is 24.6. The van der Waals surface area contributed by atoms with E-state index in [1.807, 2.05) is 44.9 Å².